The molecule has 0 rings (SSSR count). The lowest BCUT2D eigenvalue weighted by Crippen LogP contribution is -2.20. The lowest BCUT2D eigenvalue weighted by molar-refractivity contribution is -0.143. The van der Waals surface area contributed by atoms with E-state index in [9.17, 15) is 9.59 Å². The molecular weight excluding hydrogens is 194 g/mol. The number of esters is 1. The van der Waals surface area contributed by atoms with E-state index in [0.717, 1.165) is 25.7 Å². The highest BCUT2D eigenvalue weighted by atomic mass is 16.5. The number of unbranched alkanes of at least 4 members (excludes halogenated alkanes) is 2. The molecular formula is C11H21NO3. The van der Waals surface area contributed by atoms with E-state index in [0.29, 0.717) is 19.6 Å². The smallest absolute Gasteiger partial charge is 0.305 e. The summed E-state index contributed by atoms with van der Waals surface area (Å²) in [6.07, 6.45) is 4.05. The third kappa shape index (κ3) is 10.9. The molecule has 1 N–H and O–H groups in total. The minimum Gasteiger partial charge on any atom is -0.466 e. The number of carbonyl (C=O) groups is 2. The molecule has 15 heavy (non-hydrogen) atoms. The van der Waals surface area contributed by atoms with E-state index in [2.05, 4.69) is 5.32 Å². The predicted molar refractivity (Wildman–Crippen MR) is 58.4 cm³/mol. The van der Waals surface area contributed by atoms with Crippen LogP contribution in [0.4, 0.5) is 0 Å². The number of hydrogen-bond donors (Lipinski definition) is 1. The van der Waals surface area contributed by atoms with Crippen LogP contribution in [0.3, 0.4) is 0 Å². The number of amides is 1. The van der Waals surface area contributed by atoms with E-state index >= 15 is 0 Å². The SMILES string of the molecule is CCCOC(=O)CCCCCNC(C)=O. The third-order valence-electron chi connectivity index (χ3n) is 1.90. The van der Waals surface area contributed by atoms with Gasteiger partial charge in [-0.3, -0.25) is 9.59 Å². The van der Waals surface area contributed by atoms with Crippen molar-refractivity contribution in [3.05, 3.63) is 0 Å². The van der Waals surface area contributed by atoms with Gasteiger partial charge in [0.15, 0.2) is 0 Å². The number of ether oxygens (including phenoxy) is 1. The Morgan fingerprint density at radius 1 is 1.20 bits per heavy atom. The maximum atomic E-state index is 11.1. The number of carbonyl (C=O) groups excluding carboxylic acids is 2. The highest BCUT2D eigenvalue weighted by molar-refractivity contribution is 5.72. The first-order valence-electron chi connectivity index (χ1n) is 5.57. The molecule has 0 heterocycles. The van der Waals surface area contributed by atoms with Gasteiger partial charge in [-0.2, -0.15) is 0 Å². The molecule has 0 aliphatic carbocycles. The second-order valence-corrected chi connectivity index (χ2v) is 3.51. The average Bonchev–Trinajstić information content (AvgIpc) is 2.19. The van der Waals surface area contributed by atoms with Gasteiger partial charge in [0.05, 0.1) is 6.61 Å². The van der Waals surface area contributed by atoms with E-state index < -0.39 is 0 Å². The zero-order chi connectivity index (χ0) is 11.5. The Morgan fingerprint density at radius 3 is 2.53 bits per heavy atom. The number of rotatable bonds is 8. The molecule has 4 nitrogen and oxygen atoms in total. The van der Waals surface area contributed by atoms with Crippen LogP contribution in [0, 0.1) is 0 Å². The largest absolute Gasteiger partial charge is 0.466 e. The summed E-state index contributed by atoms with van der Waals surface area (Å²) in [5.74, 6) is -0.117. The Morgan fingerprint density at radius 2 is 1.93 bits per heavy atom. The quantitative estimate of drug-likeness (QED) is 0.494. The zero-order valence-corrected chi connectivity index (χ0v) is 9.67. The summed E-state index contributed by atoms with van der Waals surface area (Å²) < 4.78 is 4.93. The molecule has 0 bridgehead atoms. The molecule has 1 amide bonds. The lowest BCUT2D eigenvalue weighted by Gasteiger charge is -2.03. The molecule has 4 heteroatoms. The van der Waals surface area contributed by atoms with Crippen LogP contribution in [0.25, 0.3) is 0 Å². The van der Waals surface area contributed by atoms with Gasteiger partial charge in [-0.1, -0.05) is 13.3 Å². The van der Waals surface area contributed by atoms with E-state index in [1.165, 1.54) is 6.92 Å². The number of hydrogen-bond acceptors (Lipinski definition) is 3. The van der Waals surface area contributed by atoms with Gasteiger partial charge < -0.3 is 10.1 Å². The molecule has 0 saturated heterocycles. The summed E-state index contributed by atoms with van der Waals surface area (Å²) >= 11 is 0. The Balaban J connectivity index is 3.16. The maximum absolute atomic E-state index is 11.1. The summed E-state index contributed by atoms with van der Waals surface area (Å²) in [5, 5.41) is 2.71. The normalized spacial score (nSPS) is 9.73. The molecule has 0 saturated carbocycles. The predicted octanol–water partition coefficient (Wildman–Crippen LogP) is 1.64. The van der Waals surface area contributed by atoms with Crippen LogP contribution in [0.15, 0.2) is 0 Å². The molecule has 0 radical (unpaired) electrons. The number of nitrogens with one attached hydrogen (secondary N) is 1. The summed E-state index contributed by atoms with van der Waals surface area (Å²) in [7, 11) is 0. The van der Waals surface area contributed by atoms with Gasteiger partial charge >= 0.3 is 5.97 Å². The van der Waals surface area contributed by atoms with Crippen molar-refractivity contribution < 1.29 is 14.3 Å². The molecule has 0 unspecified atom stereocenters. The van der Waals surface area contributed by atoms with Crippen molar-refractivity contribution in [3.63, 3.8) is 0 Å². The standard InChI is InChI=1S/C11H21NO3/c1-3-9-15-11(14)7-5-4-6-8-12-10(2)13/h3-9H2,1-2H3,(H,12,13). The van der Waals surface area contributed by atoms with E-state index in [4.69, 9.17) is 4.74 Å². The monoisotopic (exact) mass is 215 g/mol. The maximum Gasteiger partial charge on any atom is 0.305 e. The van der Waals surface area contributed by atoms with Crippen molar-refractivity contribution in [2.45, 2.75) is 46.0 Å². The second-order valence-electron chi connectivity index (χ2n) is 3.51. The Hall–Kier alpha value is -1.06. The van der Waals surface area contributed by atoms with Crippen molar-refractivity contribution in [3.8, 4) is 0 Å². The van der Waals surface area contributed by atoms with Gasteiger partial charge in [-0.05, 0) is 19.3 Å². The molecule has 0 aromatic heterocycles. The minimum atomic E-state index is -0.114. The van der Waals surface area contributed by atoms with Crippen molar-refractivity contribution in [1.82, 2.24) is 5.32 Å². The highest BCUT2D eigenvalue weighted by Gasteiger charge is 2.01. The molecule has 0 aromatic rings. The van der Waals surface area contributed by atoms with Crippen LogP contribution in [-0.2, 0) is 14.3 Å². The highest BCUT2D eigenvalue weighted by Crippen LogP contribution is 2.00. The average molecular weight is 215 g/mol. The Bertz CT molecular complexity index is 192. The molecule has 0 fully saturated rings. The fraction of sp³-hybridized carbons (Fsp3) is 0.818. The van der Waals surface area contributed by atoms with Crippen LogP contribution in [0.1, 0.15) is 46.0 Å². The van der Waals surface area contributed by atoms with E-state index in [1.54, 1.807) is 0 Å². The van der Waals surface area contributed by atoms with E-state index in [-0.39, 0.29) is 11.9 Å². The van der Waals surface area contributed by atoms with Gasteiger partial charge in [-0.25, -0.2) is 0 Å². The van der Waals surface area contributed by atoms with Gasteiger partial charge in [0, 0.05) is 19.9 Å². The summed E-state index contributed by atoms with van der Waals surface area (Å²) in [6, 6.07) is 0. The first-order chi connectivity index (χ1) is 7.16. The summed E-state index contributed by atoms with van der Waals surface area (Å²) in [6.45, 7) is 4.69. The van der Waals surface area contributed by atoms with Crippen LogP contribution in [-0.4, -0.2) is 25.0 Å². The minimum absolute atomic E-state index is 0.00245. The van der Waals surface area contributed by atoms with Crippen LogP contribution in [0.2, 0.25) is 0 Å². The van der Waals surface area contributed by atoms with Gasteiger partial charge in [0.2, 0.25) is 5.91 Å². The van der Waals surface area contributed by atoms with Crippen LogP contribution >= 0.6 is 0 Å². The van der Waals surface area contributed by atoms with Crippen molar-refractivity contribution in [1.29, 1.82) is 0 Å². The van der Waals surface area contributed by atoms with E-state index in [1.807, 2.05) is 6.92 Å². The first-order valence-corrected chi connectivity index (χ1v) is 5.57. The molecule has 0 atom stereocenters. The topological polar surface area (TPSA) is 55.4 Å². The third-order valence-corrected chi connectivity index (χ3v) is 1.90. The molecule has 0 aromatic carbocycles. The van der Waals surface area contributed by atoms with Gasteiger partial charge in [0.25, 0.3) is 0 Å². The van der Waals surface area contributed by atoms with Gasteiger partial charge in [0.1, 0.15) is 0 Å². The summed E-state index contributed by atoms with van der Waals surface area (Å²) in [5.41, 5.74) is 0. The molecule has 0 aliphatic heterocycles. The van der Waals surface area contributed by atoms with Crippen molar-refractivity contribution in [2.75, 3.05) is 13.2 Å². The van der Waals surface area contributed by atoms with Crippen molar-refractivity contribution in [2.24, 2.45) is 0 Å². The molecule has 88 valence electrons. The van der Waals surface area contributed by atoms with Crippen LogP contribution in [0.5, 0.6) is 0 Å². The second kappa shape index (κ2) is 9.49. The Kier molecular flexibility index (Phi) is 8.82. The first kappa shape index (κ1) is 13.9. The zero-order valence-electron chi connectivity index (χ0n) is 9.67. The fourth-order valence-electron chi connectivity index (χ4n) is 1.12. The molecule has 0 aliphatic rings. The van der Waals surface area contributed by atoms with Crippen LogP contribution < -0.4 is 5.32 Å². The summed E-state index contributed by atoms with van der Waals surface area (Å²) in [4.78, 5) is 21.6. The fourth-order valence-corrected chi connectivity index (χ4v) is 1.12. The van der Waals surface area contributed by atoms with Crippen molar-refractivity contribution >= 4 is 11.9 Å². The Labute approximate surface area is 91.4 Å². The molecule has 0 spiro atoms. The lowest BCUT2D eigenvalue weighted by atomic mass is 10.2. The van der Waals surface area contributed by atoms with Gasteiger partial charge in [-0.15, -0.1) is 0 Å².